The van der Waals surface area contributed by atoms with Gasteiger partial charge >= 0.3 is 5.97 Å². The molecule has 2 heterocycles. The van der Waals surface area contributed by atoms with E-state index in [-0.39, 0.29) is 6.54 Å². The molecule has 20 heavy (non-hydrogen) atoms. The number of hydrogen-bond donors (Lipinski definition) is 1. The Kier molecular flexibility index (Phi) is 4.07. The maximum atomic E-state index is 11.1. The first-order valence-corrected chi connectivity index (χ1v) is 6.36. The third-order valence-corrected chi connectivity index (χ3v) is 3.09. The van der Waals surface area contributed by atoms with Crippen LogP contribution in [-0.2, 0) is 24.2 Å². The van der Waals surface area contributed by atoms with Crippen LogP contribution in [0.3, 0.4) is 0 Å². The lowest BCUT2D eigenvalue weighted by Crippen LogP contribution is -2.30. The molecule has 0 aromatic carbocycles. The van der Waals surface area contributed by atoms with Crippen molar-refractivity contribution < 1.29 is 9.90 Å². The fourth-order valence-electron chi connectivity index (χ4n) is 1.77. The lowest BCUT2D eigenvalue weighted by molar-refractivity contribution is -0.147. The van der Waals surface area contributed by atoms with Crippen LogP contribution in [0.1, 0.15) is 25.2 Å². The van der Waals surface area contributed by atoms with Crippen LogP contribution in [0.5, 0.6) is 0 Å². The van der Waals surface area contributed by atoms with E-state index in [9.17, 15) is 4.79 Å². The Morgan fingerprint density at radius 2 is 2.20 bits per heavy atom. The van der Waals surface area contributed by atoms with Crippen LogP contribution >= 0.6 is 0 Å². The molecule has 0 aliphatic heterocycles. The molecule has 0 aliphatic rings. The predicted molar refractivity (Wildman–Crippen MR) is 70.9 cm³/mol. The smallest absolute Gasteiger partial charge is 0.310 e. The van der Waals surface area contributed by atoms with Crippen LogP contribution in [0.4, 0.5) is 0 Å². The van der Waals surface area contributed by atoms with Crippen molar-refractivity contribution in [3.8, 4) is 0 Å². The van der Waals surface area contributed by atoms with Gasteiger partial charge < -0.3 is 5.11 Å². The lowest BCUT2D eigenvalue weighted by Gasteiger charge is -2.19. The summed E-state index contributed by atoms with van der Waals surface area (Å²) in [7, 11) is 0. The van der Waals surface area contributed by atoms with E-state index in [2.05, 4.69) is 20.5 Å². The van der Waals surface area contributed by atoms with E-state index in [1.807, 2.05) is 12.1 Å². The molecule has 106 valence electrons. The van der Waals surface area contributed by atoms with Crippen molar-refractivity contribution in [2.45, 2.75) is 33.2 Å². The minimum Gasteiger partial charge on any atom is -0.481 e. The number of hydrogen-bond acceptors (Lipinski definition) is 5. The molecule has 7 nitrogen and oxygen atoms in total. The molecule has 2 aromatic heterocycles. The van der Waals surface area contributed by atoms with Gasteiger partial charge in [-0.15, -0.1) is 5.10 Å². The summed E-state index contributed by atoms with van der Waals surface area (Å²) in [5, 5.41) is 20.6. The first-order valence-electron chi connectivity index (χ1n) is 6.36. The zero-order chi connectivity index (χ0) is 14.6. The van der Waals surface area contributed by atoms with Crippen molar-refractivity contribution in [2.75, 3.05) is 0 Å². The van der Waals surface area contributed by atoms with Crippen molar-refractivity contribution in [1.29, 1.82) is 0 Å². The van der Waals surface area contributed by atoms with Crippen LogP contribution in [0, 0.1) is 5.41 Å². The summed E-state index contributed by atoms with van der Waals surface area (Å²) in [6, 6.07) is 3.87. The van der Waals surface area contributed by atoms with Crippen LogP contribution in [0.2, 0.25) is 0 Å². The van der Waals surface area contributed by atoms with E-state index in [1.54, 1.807) is 30.9 Å². The maximum Gasteiger partial charge on any atom is 0.310 e. The third-order valence-electron chi connectivity index (χ3n) is 3.09. The molecule has 0 saturated carbocycles. The Labute approximate surface area is 116 Å². The average Bonchev–Trinajstić information content (AvgIpc) is 2.84. The van der Waals surface area contributed by atoms with Crippen LogP contribution in [0.15, 0.2) is 24.5 Å². The first kappa shape index (κ1) is 14.1. The summed E-state index contributed by atoms with van der Waals surface area (Å²) in [5.41, 5.74) is 0.192. The normalized spacial score (nSPS) is 11.5. The van der Waals surface area contributed by atoms with Crippen molar-refractivity contribution >= 4 is 5.97 Å². The summed E-state index contributed by atoms with van der Waals surface area (Å²) >= 11 is 0. The summed E-state index contributed by atoms with van der Waals surface area (Å²) in [5.74, 6) is -0.186. The third kappa shape index (κ3) is 3.37. The molecule has 1 N–H and O–H groups in total. The fraction of sp³-hybridized carbons (Fsp3) is 0.462. The summed E-state index contributed by atoms with van der Waals surface area (Å²) in [6.45, 7) is 3.56. The Morgan fingerprint density at radius 3 is 2.85 bits per heavy atom. The molecule has 7 heteroatoms. The van der Waals surface area contributed by atoms with Gasteiger partial charge in [0.15, 0.2) is 5.82 Å². The molecule has 0 unspecified atom stereocenters. The molecule has 2 aromatic rings. The molecule has 0 spiro atoms. The highest BCUT2D eigenvalue weighted by atomic mass is 16.4. The average molecular weight is 275 g/mol. The van der Waals surface area contributed by atoms with E-state index >= 15 is 0 Å². The molecular formula is C13H17N5O2. The standard InChI is InChI=1S/C13H17N5O2/c1-13(2,12(19)20)9-18-11(15-16-17-18)6-5-10-4-3-7-14-8-10/h3-4,7-8H,5-6,9H2,1-2H3,(H,19,20). The van der Waals surface area contributed by atoms with Gasteiger partial charge in [0.05, 0.1) is 12.0 Å². The summed E-state index contributed by atoms with van der Waals surface area (Å²) < 4.78 is 1.56. The topological polar surface area (TPSA) is 93.8 Å². The van der Waals surface area contributed by atoms with Gasteiger partial charge in [-0.1, -0.05) is 6.07 Å². The highest BCUT2D eigenvalue weighted by molar-refractivity contribution is 5.73. The van der Waals surface area contributed by atoms with Gasteiger partial charge in [0.1, 0.15) is 0 Å². The number of aryl methyl sites for hydroxylation is 2. The molecule has 0 bridgehead atoms. The van der Waals surface area contributed by atoms with E-state index < -0.39 is 11.4 Å². The zero-order valence-electron chi connectivity index (χ0n) is 11.5. The van der Waals surface area contributed by atoms with Gasteiger partial charge in [-0.2, -0.15) is 0 Å². The quantitative estimate of drug-likeness (QED) is 0.844. The van der Waals surface area contributed by atoms with Gasteiger partial charge in [-0.3, -0.25) is 9.78 Å². The molecule has 2 rings (SSSR count). The van der Waals surface area contributed by atoms with E-state index in [0.29, 0.717) is 12.2 Å². The van der Waals surface area contributed by atoms with Gasteiger partial charge in [0.25, 0.3) is 0 Å². The number of aliphatic carboxylic acids is 1. The SMILES string of the molecule is CC(C)(Cn1nnnc1CCc1cccnc1)C(=O)O. The monoisotopic (exact) mass is 275 g/mol. The van der Waals surface area contributed by atoms with Gasteiger partial charge in [0.2, 0.25) is 0 Å². The molecule has 0 atom stereocenters. The molecule has 0 aliphatic carbocycles. The van der Waals surface area contributed by atoms with Gasteiger partial charge in [0, 0.05) is 18.8 Å². The number of tetrazole rings is 1. The number of carbonyl (C=O) groups is 1. The summed E-state index contributed by atoms with van der Waals surface area (Å²) in [6.07, 6.45) is 4.94. The number of carboxylic acid groups (broad SMARTS) is 1. The van der Waals surface area contributed by atoms with E-state index in [4.69, 9.17) is 5.11 Å². The maximum absolute atomic E-state index is 11.1. The molecular weight excluding hydrogens is 258 g/mol. The molecule has 0 radical (unpaired) electrons. The first-order chi connectivity index (χ1) is 9.49. The Bertz CT molecular complexity index is 579. The molecule has 0 amide bonds. The second-order valence-corrected chi connectivity index (χ2v) is 5.30. The van der Waals surface area contributed by atoms with Gasteiger partial charge in [-0.25, -0.2) is 4.68 Å². The summed E-state index contributed by atoms with van der Waals surface area (Å²) in [4.78, 5) is 15.2. The second-order valence-electron chi connectivity index (χ2n) is 5.30. The molecule has 0 saturated heterocycles. The van der Waals surface area contributed by atoms with Crippen LogP contribution in [-0.4, -0.2) is 36.3 Å². The van der Waals surface area contributed by atoms with Crippen molar-refractivity contribution in [2.24, 2.45) is 5.41 Å². The van der Waals surface area contributed by atoms with Crippen molar-refractivity contribution in [1.82, 2.24) is 25.2 Å². The number of pyridine rings is 1. The minimum atomic E-state index is -0.904. The number of carboxylic acids is 1. The fourth-order valence-corrected chi connectivity index (χ4v) is 1.77. The van der Waals surface area contributed by atoms with Crippen LogP contribution < -0.4 is 0 Å². The van der Waals surface area contributed by atoms with E-state index in [1.165, 1.54) is 0 Å². The highest BCUT2D eigenvalue weighted by Crippen LogP contribution is 2.18. The number of aromatic nitrogens is 5. The Hall–Kier alpha value is -2.31. The Balaban J connectivity index is 2.04. The predicted octanol–water partition coefficient (Wildman–Crippen LogP) is 0.964. The Morgan fingerprint density at radius 1 is 1.40 bits per heavy atom. The minimum absolute atomic E-state index is 0.248. The second kappa shape index (κ2) is 5.77. The van der Waals surface area contributed by atoms with E-state index in [0.717, 1.165) is 12.0 Å². The number of rotatable bonds is 6. The number of nitrogens with zero attached hydrogens (tertiary/aromatic N) is 5. The zero-order valence-corrected chi connectivity index (χ0v) is 11.5. The molecule has 0 fully saturated rings. The highest BCUT2D eigenvalue weighted by Gasteiger charge is 2.29. The van der Waals surface area contributed by atoms with Crippen molar-refractivity contribution in [3.63, 3.8) is 0 Å². The van der Waals surface area contributed by atoms with Crippen LogP contribution in [0.25, 0.3) is 0 Å². The largest absolute Gasteiger partial charge is 0.481 e. The lowest BCUT2D eigenvalue weighted by atomic mass is 9.94. The van der Waals surface area contributed by atoms with Gasteiger partial charge in [-0.05, 0) is 42.3 Å². The van der Waals surface area contributed by atoms with Crippen molar-refractivity contribution in [3.05, 3.63) is 35.9 Å².